The van der Waals surface area contributed by atoms with Crippen LogP contribution in [0.3, 0.4) is 0 Å². The third kappa shape index (κ3) is 3.10. The first kappa shape index (κ1) is 14.6. The minimum Gasteiger partial charge on any atom is -0.309 e. The third-order valence-corrected chi connectivity index (χ3v) is 5.81. The maximum Gasteiger partial charge on any atom is 0.0278 e. The van der Waals surface area contributed by atoms with Crippen molar-refractivity contribution < 1.29 is 0 Å². The molecular weight excluding hydrogens is 312 g/mol. The van der Waals surface area contributed by atoms with E-state index in [0.717, 1.165) is 31.6 Å². The highest BCUT2D eigenvalue weighted by molar-refractivity contribution is 9.10. The van der Waals surface area contributed by atoms with Crippen molar-refractivity contribution in [1.29, 1.82) is 0 Å². The van der Waals surface area contributed by atoms with Crippen LogP contribution in [0.25, 0.3) is 0 Å². The van der Waals surface area contributed by atoms with Crippen molar-refractivity contribution in [1.82, 2.24) is 10.2 Å². The highest BCUT2D eigenvalue weighted by Crippen LogP contribution is 2.38. The van der Waals surface area contributed by atoms with Crippen molar-refractivity contribution in [2.75, 3.05) is 13.1 Å². The Morgan fingerprint density at radius 3 is 2.75 bits per heavy atom. The van der Waals surface area contributed by atoms with Gasteiger partial charge in [0.25, 0.3) is 0 Å². The SMILES string of the molecule is CCC1(C)CN(Cc2ccccc2Br)C(C2CC2)CN1. The molecule has 3 heteroatoms. The van der Waals surface area contributed by atoms with Crippen molar-refractivity contribution in [3.05, 3.63) is 34.3 Å². The topological polar surface area (TPSA) is 15.3 Å². The average molecular weight is 337 g/mol. The van der Waals surface area contributed by atoms with Crippen LogP contribution in [-0.2, 0) is 6.54 Å². The summed E-state index contributed by atoms with van der Waals surface area (Å²) in [5.74, 6) is 0.923. The number of hydrogen-bond acceptors (Lipinski definition) is 2. The van der Waals surface area contributed by atoms with Gasteiger partial charge in [0.1, 0.15) is 0 Å². The maximum atomic E-state index is 3.79. The standard InChI is InChI=1S/C17H25BrN2/c1-3-17(2)12-20(16(10-19-17)13-8-9-13)11-14-6-4-5-7-15(14)18/h4-7,13,16,19H,3,8-12H2,1-2H3. The Morgan fingerprint density at radius 2 is 2.10 bits per heavy atom. The van der Waals surface area contributed by atoms with E-state index in [1.54, 1.807) is 0 Å². The van der Waals surface area contributed by atoms with E-state index in [9.17, 15) is 0 Å². The smallest absolute Gasteiger partial charge is 0.0278 e. The summed E-state index contributed by atoms with van der Waals surface area (Å²) in [6.45, 7) is 8.04. The summed E-state index contributed by atoms with van der Waals surface area (Å²) in [5.41, 5.74) is 1.69. The second-order valence-electron chi connectivity index (χ2n) is 6.70. The van der Waals surface area contributed by atoms with Gasteiger partial charge in [-0.1, -0.05) is 41.1 Å². The summed E-state index contributed by atoms with van der Waals surface area (Å²) in [6, 6.07) is 9.37. The Kier molecular flexibility index (Phi) is 4.21. The number of piperazine rings is 1. The van der Waals surface area contributed by atoms with Crippen molar-refractivity contribution >= 4 is 15.9 Å². The van der Waals surface area contributed by atoms with Crippen molar-refractivity contribution in [3.8, 4) is 0 Å². The molecule has 0 bridgehead atoms. The van der Waals surface area contributed by atoms with Gasteiger partial charge < -0.3 is 5.32 Å². The second kappa shape index (κ2) is 5.78. The van der Waals surface area contributed by atoms with Crippen LogP contribution in [0.5, 0.6) is 0 Å². The highest BCUT2D eigenvalue weighted by Gasteiger charge is 2.41. The van der Waals surface area contributed by atoms with E-state index in [4.69, 9.17) is 0 Å². The fourth-order valence-corrected chi connectivity index (χ4v) is 3.71. The molecule has 2 aliphatic rings. The van der Waals surface area contributed by atoms with E-state index >= 15 is 0 Å². The molecule has 2 unspecified atom stereocenters. The summed E-state index contributed by atoms with van der Waals surface area (Å²) in [6.07, 6.45) is 4.03. The number of rotatable bonds is 4. The lowest BCUT2D eigenvalue weighted by Gasteiger charge is -2.46. The molecule has 1 aliphatic heterocycles. The van der Waals surface area contributed by atoms with Crippen LogP contribution < -0.4 is 5.32 Å². The molecule has 1 heterocycles. The number of nitrogens with zero attached hydrogens (tertiary/aromatic N) is 1. The minimum atomic E-state index is 0.270. The van der Waals surface area contributed by atoms with Crippen molar-refractivity contribution in [2.45, 2.75) is 51.2 Å². The van der Waals surface area contributed by atoms with E-state index in [1.165, 1.54) is 29.3 Å². The van der Waals surface area contributed by atoms with Crippen LogP contribution in [0.15, 0.2) is 28.7 Å². The quantitative estimate of drug-likeness (QED) is 0.899. The molecule has 0 amide bonds. The molecule has 0 aromatic heterocycles. The molecule has 110 valence electrons. The van der Waals surface area contributed by atoms with Gasteiger partial charge in [0.15, 0.2) is 0 Å². The maximum absolute atomic E-state index is 3.79. The van der Waals surface area contributed by atoms with Gasteiger partial charge in [-0.2, -0.15) is 0 Å². The Hall–Kier alpha value is -0.380. The van der Waals surface area contributed by atoms with Gasteiger partial charge in [-0.15, -0.1) is 0 Å². The Bertz CT molecular complexity index is 472. The first-order chi connectivity index (χ1) is 9.61. The molecule has 1 aromatic carbocycles. The summed E-state index contributed by atoms with van der Waals surface area (Å²) >= 11 is 3.70. The summed E-state index contributed by atoms with van der Waals surface area (Å²) < 4.78 is 1.24. The number of nitrogens with one attached hydrogen (secondary N) is 1. The Balaban J connectivity index is 1.77. The summed E-state index contributed by atoms with van der Waals surface area (Å²) in [5, 5.41) is 3.79. The molecule has 0 spiro atoms. The fourth-order valence-electron chi connectivity index (χ4n) is 3.30. The van der Waals surface area contributed by atoms with E-state index in [-0.39, 0.29) is 5.54 Å². The van der Waals surface area contributed by atoms with E-state index in [2.05, 4.69) is 64.3 Å². The van der Waals surface area contributed by atoms with Crippen molar-refractivity contribution in [2.24, 2.45) is 5.92 Å². The van der Waals surface area contributed by atoms with Gasteiger partial charge in [0.2, 0.25) is 0 Å². The first-order valence-electron chi connectivity index (χ1n) is 7.84. The van der Waals surface area contributed by atoms with Crippen molar-refractivity contribution in [3.63, 3.8) is 0 Å². The Labute approximate surface area is 131 Å². The molecule has 0 radical (unpaired) electrons. The Morgan fingerprint density at radius 1 is 1.35 bits per heavy atom. The molecule has 2 fully saturated rings. The molecule has 2 nitrogen and oxygen atoms in total. The third-order valence-electron chi connectivity index (χ3n) is 5.04. The molecule has 1 aromatic rings. The van der Waals surface area contributed by atoms with Gasteiger partial charge in [-0.05, 0) is 43.7 Å². The number of hydrogen-bond donors (Lipinski definition) is 1. The summed E-state index contributed by atoms with van der Waals surface area (Å²) in [4.78, 5) is 2.72. The molecule has 2 atom stereocenters. The minimum absolute atomic E-state index is 0.270. The van der Waals surface area contributed by atoms with E-state index in [0.29, 0.717) is 0 Å². The van der Waals surface area contributed by atoms with E-state index < -0.39 is 0 Å². The molecule has 1 saturated carbocycles. The lowest BCUT2D eigenvalue weighted by molar-refractivity contribution is 0.0660. The van der Waals surface area contributed by atoms with Gasteiger partial charge in [0, 0.05) is 35.7 Å². The predicted octanol–water partition coefficient (Wildman–Crippen LogP) is 3.80. The molecule has 1 saturated heterocycles. The van der Waals surface area contributed by atoms with Crippen LogP contribution in [0.1, 0.15) is 38.7 Å². The van der Waals surface area contributed by atoms with Crippen LogP contribution in [0.2, 0.25) is 0 Å². The monoisotopic (exact) mass is 336 g/mol. The van der Waals surface area contributed by atoms with Gasteiger partial charge in [0.05, 0.1) is 0 Å². The van der Waals surface area contributed by atoms with Crippen LogP contribution in [0.4, 0.5) is 0 Å². The predicted molar refractivity (Wildman–Crippen MR) is 87.8 cm³/mol. The number of halogens is 1. The first-order valence-corrected chi connectivity index (χ1v) is 8.63. The lowest BCUT2D eigenvalue weighted by atomic mass is 9.91. The van der Waals surface area contributed by atoms with Gasteiger partial charge in [-0.3, -0.25) is 4.90 Å². The molecule has 1 N–H and O–H groups in total. The fraction of sp³-hybridized carbons (Fsp3) is 0.647. The normalized spacial score (nSPS) is 31.4. The van der Waals surface area contributed by atoms with Crippen LogP contribution >= 0.6 is 15.9 Å². The number of benzene rings is 1. The lowest BCUT2D eigenvalue weighted by Crippen LogP contribution is -2.62. The molecule has 3 rings (SSSR count). The zero-order valence-corrected chi connectivity index (χ0v) is 14.1. The largest absolute Gasteiger partial charge is 0.309 e. The average Bonchev–Trinajstić information content (AvgIpc) is 3.26. The zero-order valence-electron chi connectivity index (χ0n) is 12.5. The second-order valence-corrected chi connectivity index (χ2v) is 7.55. The molecule has 20 heavy (non-hydrogen) atoms. The van der Waals surface area contributed by atoms with Crippen LogP contribution in [-0.4, -0.2) is 29.6 Å². The molecule has 1 aliphatic carbocycles. The van der Waals surface area contributed by atoms with Gasteiger partial charge >= 0.3 is 0 Å². The van der Waals surface area contributed by atoms with E-state index in [1.807, 2.05) is 0 Å². The highest BCUT2D eigenvalue weighted by atomic mass is 79.9. The zero-order chi connectivity index (χ0) is 14.2. The van der Waals surface area contributed by atoms with Gasteiger partial charge in [-0.25, -0.2) is 0 Å². The van der Waals surface area contributed by atoms with Crippen LogP contribution in [0, 0.1) is 5.92 Å². The molecular formula is C17H25BrN2. The summed E-state index contributed by atoms with van der Waals surface area (Å²) in [7, 11) is 0.